The number of rotatable bonds is 7. The normalized spacial score (nSPS) is 11.4. The van der Waals surface area contributed by atoms with Crippen molar-refractivity contribution in [3.63, 3.8) is 0 Å². The van der Waals surface area contributed by atoms with E-state index >= 15 is 0 Å². The topological polar surface area (TPSA) is 49.3 Å². The molecule has 0 saturated carbocycles. The maximum absolute atomic E-state index is 12.2. The summed E-state index contributed by atoms with van der Waals surface area (Å²) in [6.07, 6.45) is 4.76. The number of phenolic OH excluding ortho intramolecular Hbond substituents is 1. The van der Waals surface area contributed by atoms with Crippen molar-refractivity contribution in [1.82, 2.24) is 5.32 Å². The highest BCUT2D eigenvalue weighted by molar-refractivity contribution is 5.96. The lowest BCUT2D eigenvalue weighted by molar-refractivity contribution is 0.0933. The molecule has 0 atom stereocenters. The van der Waals surface area contributed by atoms with Gasteiger partial charge in [0.1, 0.15) is 5.75 Å². The average molecular weight is 277 g/mol. The fraction of sp³-hybridized carbons (Fsp3) is 0.588. The minimum Gasteiger partial charge on any atom is -0.508 e. The fourth-order valence-corrected chi connectivity index (χ4v) is 2.23. The molecule has 0 bridgehead atoms. The van der Waals surface area contributed by atoms with Gasteiger partial charge in [-0.3, -0.25) is 4.79 Å². The molecule has 112 valence electrons. The monoisotopic (exact) mass is 277 g/mol. The Morgan fingerprint density at radius 2 is 2.00 bits per heavy atom. The zero-order valence-electron chi connectivity index (χ0n) is 13.1. The molecule has 0 radical (unpaired) electrons. The van der Waals surface area contributed by atoms with Gasteiger partial charge in [0.2, 0.25) is 0 Å². The lowest BCUT2D eigenvalue weighted by atomic mass is 9.87. The number of carbonyl (C=O) groups excluding carboxylic acids is 1. The van der Waals surface area contributed by atoms with Crippen LogP contribution in [0.3, 0.4) is 0 Å². The summed E-state index contributed by atoms with van der Waals surface area (Å²) < 4.78 is 0. The van der Waals surface area contributed by atoms with Gasteiger partial charge < -0.3 is 10.4 Å². The maximum atomic E-state index is 12.2. The number of hydrogen-bond acceptors (Lipinski definition) is 2. The maximum Gasteiger partial charge on any atom is 0.251 e. The largest absolute Gasteiger partial charge is 0.508 e. The zero-order chi connectivity index (χ0) is 15.2. The zero-order valence-corrected chi connectivity index (χ0v) is 13.1. The van der Waals surface area contributed by atoms with E-state index in [0.717, 1.165) is 6.42 Å². The highest BCUT2D eigenvalue weighted by Crippen LogP contribution is 2.23. The minimum absolute atomic E-state index is 0.107. The van der Waals surface area contributed by atoms with E-state index in [1.165, 1.54) is 19.3 Å². The minimum atomic E-state index is -0.109. The molecule has 0 aliphatic heterocycles. The van der Waals surface area contributed by atoms with Crippen LogP contribution in [0.2, 0.25) is 0 Å². The molecule has 0 spiro atoms. The molecular formula is C17H27NO2. The molecule has 0 aliphatic carbocycles. The van der Waals surface area contributed by atoms with Crippen molar-refractivity contribution < 1.29 is 9.90 Å². The van der Waals surface area contributed by atoms with Gasteiger partial charge in [-0.1, -0.05) is 46.1 Å². The molecule has 0 heterocycles. The van der Waals surface area contributed by atoms with E-state index in [1.54, 1.807) is 25.1 Å². The van der Waals surface area contributed by atoms with Crippen molar-refractivity contribution in [2.24, 2.45) is 5.41 Å². The van der Waals surface area contributed by atoms with E-state index < -0.39 is 0 Å². The van der Waals surface area contributed by atoms with Crippen LogP contribution >= 0.6 is 0 Å². The van der Waals surface area contributed by atoms with Gasteiger partial charge in [0.25, 0.3) is 5.91 Å². The summed E-state index contributed by atoms with van der Waals surface area (Å²) in [5.41, 5.74) is 1.29. The first-order valence-corrected chi connectivity index (χ1v) is 7.44. The van der Waals surface area contributed by atoms with Crippen LogP contribution in [-0.4, -0.2) is 17.6 Å². The predicted molar refractivity (Wildman–Crippen MR) is 83.1 cm³/mol. The van der Waals surface area contributed by atoms with Gasteiger partial charge in [-0.05, 0) is 30.9 Å². The number of nitrogens with one attached hydrogen (secondary N) is 1. The van der Waals surface area contributed by atoms with Gasteiger partial charge in [0.05, 0.1) is 0 Å². The first kappa shape index (κ1) is 16.5. The van der Waals surface area contributed by atoms with Crippen molar-refractivity contribution >= 4 is 5.91 Å². The van der Waals surface area contributed by atoms with Gasteiger partial charge in [0, 0.05) is 17.7 Å². The Balaban J connectivity index is 2.56. The molecule has 0 fully saturated rings. The summed E-state index contributed by atoms with van der Waals surface area (Å²) in [6, 6.07) is 5.04. The standard InChI is InChI=1S/C17H27NO2/c1-5-6-7-11-17(3,4)12-18-16(20)14-9-8-10-15(19)13(14)2/h8-10,19H,5-7,11-12H2,1-4H3,(H,18,20). The van der Waals surface area contributed by atoms with E-state index in [4.69, 9.17) is 0 Å². The predicted octanol–water partition coefficient (Wildman–Crippen LogP) is 4.04. The lowest BCUT2D eigenvalue weighted by Crippen LogP contribution is -2.34. The van der Waals surface area contributed by atoms with Gasteiger partial charge in [0.15, 0.2) is 0 Å². The van der Waals surface area contributed by atoms with Gasteiger partial charge in [-0.25, -0.2) is 0 Å². The van der Waals surface area contributed by atoms with Crippen molar-refractivity contribution in [2.45, 2.75) is 53.4 Å². The smallest absolute Gasteiger partial charge is 0.251 e. The number of amides is 1. The number of benzene rings is 1. The van der Waals surface area contributed by atoms with Crippen LogP contribution < -0.4 is 5.32 Å². The van der Waals surface area contributed by atoms with E-state index in [2.05, 4.69) is 26.1 Å². The summed E-state index contributed by atoms with van der Waals surface area (Å²) in [4.78, 5) is 12.2. The van der Waals surface area contributed by atoms with E-state index in [0.29, 0.717) is 17.7 Å². The van der Waals surface area contributed by atoms with Crippen LogP contribution in [0.1, 0.15) is 62.4 Å². The first-order valence-electron chi connectivity index (χ1n) is 7.44. The highest BCUT2D eigenvalue weighted by Gasteiger charge is 2.19. The Bertz CT molecular complexity index is 452. The van der Waals surface area contributed by atoms with Crippen LogP contribution in [0.25, 0.3) is 0 Å². The summed E-state index contributed by atoms with van der Waals surface area (Å²) in [6.45, 7) is 8.97. The van der Waals surface area contributed by atoms with Gasteiger partial charge in [-0.2, -0.15) is 0 Å². The molecule has 3 nitrogen and oxygen atoms in total. The fourth-order valence-electron chi connectivity index (χ4n) is 2.23. The van der Waals surface area contributed by atoms with Crippen LogP contribution in [0, 0.1) is 12.3 Å². The molecule has 0 aliphatic rings. The molecule has 20 heavy (non-hydrogen) atoms. The van der Waals surface area contributed by atoms with Crippen molar-refractivity contribution in [2.75, 3.05) is 6.54 Å². The molecule has 0 unspecified atom stereocenters. The third-order valence-electron chi connectivity index (χ3n) is 3.73. The van der Waals surface area contributed by atoms with Crippen molar-refractivity contribution in [1.29, 1.82) is 0 Å². The van der Waals surface area contributed by atoms with Gasteiger partial charge >= 0.3 is 0 Å². The number of carbonyl (C=O) groups is 1. The Labute approximate surface area is 122 Å². The molecule has 0 aromatic heterocycles. The van der Waals surface area contributed by atoms with Gasteiger partial charge in [-0.15, -0.1) is 0 Å². The Kier molecular flexibility index (Phi) is 6.05. The Morgan fingerprint density at radius 3 is 2.65 bits per heavy atom. The second-order valence-corrected chi connectivity index (χ2v) is 6.25. The average Bonchev–Trinajstić information content (AvgIpc) is 2.39. The Morgan fingerprint density at radius 1 is 1.30 bits per heavy atom. The molecule has 1 aromatic carbocycles. The second-order valence-electron chi connectivity index (χ2n) is 6.25. The molecule has 0 saturated heterocycles. The summed E-state index contributed by atoms with van der Waals surface area (Å²) in [5.74, 6) is 0.0572. The van der Waals surface area contributed by atoms with E-state index in [9.17, 15) is 9.90 Å². The number of aromatic hydroxyl groups is 1. The highest BCUT2D eigenvalue weighted by atomic mass is 16.3. The van der Waals surface area contributed by atoms with E-state index in [-0.39, 0.29) is 17.1 Å². The second kappa shape index (κ2) is 7.32. The summed E-state index contributed by atoms with van der Waals surface area (Å²) in [5, 5.41) is 12.6. The van der Waals surface area contributed by atoms with Crippen LogP contribution in [0.15, 0.2) is 18.2 Å². The molecule has 1 aromatic rings. The van der Waals surface area contributed by atoms with Crippen molar-refractivity contribution in [3.05, 3.63) is 29.3 Å². The van der Waals surface area contributed by atoms with Crippen LogP contribution in [0.5, 0.6) is 5.75 Å². The quantitative estimate of drug-likeness (QED) is 0.739. The number of unbranched alkanes of at least 4 members (excludes halogenated alkanes) is 2. The third kappa shape index (κ3) is 4.87. The number of phenols is 1. The Hall–Kier alpha value is -1.51. The molecular weight excluding hydrogens is 250 g/mol. The molecule has 3 heteroatoms. The SMILES string of the molecule is CCCCCC(C)(C)CNC(=O)c1cccc(O)c1C. The summed E-state index contributed by atoms with van der Waals surface area (Å²) in [7, 11) is 0. The lowest BCUT2D eigenvalue weighted by Gasteiger charge is -2.25. The van der Waals surface area contributed by atoms with Crippen molar-refractivity contribution in [3.8, 4) is 5.75 Å². The summed E-state index contributed by atoms with van der Waals surface area (Å²) >= 11 is 0. The van der Waals surface area contributed by atoms with Crippen LogP contribution in [-0.2, 0) is 0 Å². The molecule has 1 amide bonds. The molecule has 2 N–H and O–H groups in total. The third-order valence-corrected chi connectivity index (χ3v) is 3.73. The molecule has 1 rings (SSSR count). The number of hydrogen-bond donors (Lipinski definition) is 2. The first-order chi connectivity index (χ1) is 9.37. The van der Waals surface area contributed by atoms with E-state index in [1.807, 2.05) is 0 Å². The van der Waals surface area contributed by atoms with Crippen LogP contribution in [0.4, 0.5) is 0 Å².